The molecule has 0 radical (unpaired) electrons. The van der Waals surface area contributed by atoms with E-state index in [1.165, 1.54) is 0 Å². The van der Waals surface area contributed by atoms with Crippen LogP contribution in [0.25, 0.3) is 22.5 Å². The van der Waals surface area contributed by atoms with Gasteiger partial charge < -0.3 is 9.09 Å². The monoisotopic (exact) mass is 376 g/mol. The van der Waals surface area contributed by atoms with Crippen LogP contribution in [0.4, 0.5) is 0 Å². The summed E-state index contributed by atoms with van der Waals surface area (Å²) in [5, 5.41) is 8.50. The van der Waals surface area contributed by atoms with Gasteiger partial charge in [0.05, 0.1) is 23.9 Å². The molecule has 28 heavy (non-hydrogen) atoms. The number of aryl methyl sites for hydroxylation is 1. The molecule has 0 unspecified atom stereocenters. The van der Waals surface area contributed by atoms with Crippen LogP contribution in [0.1, 0.15) is 51.0 Å². The molecule has 144 valence electrons. The van der Waals surface area contributed by atoms with Gasteiger partial charge in [-0.3, -0.25) is 4.68 Å². The fraction of sp³-hybridized carbons (Fsp3) is 0.333. The topological polar surface area (TPSA) is 74.6 Å². The smallest absolute Gasteiger partial charge is 0.249 e. The minimum atomic E-state index is -0.0939. The third kappa shape index (κ3) is 3.24. The molecule has 0 aliphatic heterocycles. The van der Waals surface area contributed by atoms with E-state index in [-0.39, 0.29) is 12.1 Å². The Bertz CT molecular complexity index is 1060. The Labute approximate surface area is 164 Å². The van der Waals surface area contributed by atoms with Crippen LogP contribution in [0.3, 0.4) is 0 Å². The summed E-state index contributed by atoms with van der Waals surface area (Å²) in [6, 6.07) is 10.4. The summed E-state index contributed by atoms with van der Waals surface area (Å²) in [7, 11) is 0. The molecule has 0 aliphatic rings. The Morgan fingerprint density at radius 1 is 1.11 bits per heavy atom. The van der Waals surface area contributed by atoms with E-state index >= 15 is 0 Å². The van der Waals surface area contributed by atoms with Crippen LogP contribution < -0.4 is 0 Å². The third-order valence-electron chi connectivity index (χ3n) is 4.80. The number of rotatable bonds is 6. The normalized spacial score (nSPS) is 12.6. The van der Waals surface area contributed by atoms with Crippen molar-refractivity contribution in [3.63, 3.8) is 0 Å². The minimum Gasteiger partial charge on any atom is -0.337 e. The fourth-order valence-corrected chi connectivity index (χ4v) is 3.37. The molecule has 3 heterocycles. The summed E-state index contributed by atoms with van der Waals surface area (Å²) in [6.45, 7) is 8.16. The van der Waals surface area contributed by atoms with Crippen molar-refractivity contribution in [2.24, 2.45) is 0 Å². The fourth-order valence-electron chi connectivity index (χ4n) is 3.37. The molecule has 0 saturated carbocycles. The molecule has 0 spiro atoms. The third-order valence-corrected chi connectivity index (χ3v) is 4.80. The number of aromatic nitrogens is 6. The maximum atomic E-state index is 5.49. The maximum Gasteiger partial charge on any atom is 0.249 e. The molecular weight excluding hydrogens is 352 g/mol. The van der Waals surface area contributed by atoms with Crippen LogP contribution in [0.15, 0.2) is 53.6 Å². The number of hydrogen-bond acceptors (Lipinski definition) is 5. The number of hydrogen-bond donors (Lipinski definition) is 0. The van der Waals surface area contributed by atoms with Gasteiger partial charge in [-0.2, -0.15) is 10.1 Å². The molecule has 4 aromatic rings. The first-order chi connectivity index (χ1) is 13.6. The summed E-state index contributed by atoms with van der Waals surface area (Å²) in [4.78, 5) is 9.22. The quantitative estimate of drug-likeness (QED) is 0.488. The maximum absolute atomic E-state index is 5.49. The van der Waals surface area contributed by atoms with Gasteiger partial charge in [-0.15, -0.1) is 0 Å². The van der Waals surface area contributed by atoms with Gasteiger partial charge in [0.15, 0.2) is 5.82 Å². The zero-order valence-electron chi connectivity index (χ0n) is 16.6. The first-order valence-corrected chi connectivity index (χ1v) is 9.55. The van der Waals surface area contributed by atoms with Crippen molar-refractivity contribution in [2.45, 2.75) is 46.2 Å². The van der Waals surface area contributed by atoms with Gasteiger partial charge in [0.1, 0.15) is 6.04 Å². The van der Waals surface area contributed by atoms with Crippen molar-refractivity contribution in [3.8, 4) is 22.5 Å². The first-order valence-electron chi connectivity index (χ1n) is 9.55. The SMILES string of the molecule is CC[C@H](c1nc(C)no1)n1cnc(-c2ccccc2)c1-c1cnn(C(C)C)c1. The predicted molar refractivity (Wildman–Crippen MR) is 107 cm³/mol. The van der Waals surface area contributed by atoms with Gasteiger partial charge in [-0.1, -0.05) is 42.4 Å². The molecule has 0 aliphatic carbocycles. The van der Waals surface area contributed by atoms with Gasteiger partial charge >= 0.3 is 0 Å². The van der Waals surface area contributed by atoms with Crippen LogP contribution in [0.5, 0.6) is 0 Å². The van der Waals surface area contributed by atoms with Crippen LogP contribution in [0, 0.1) is 6.92 Å². The highest BCUT2D eigenvalue weighted by Crippen LogP contribution is 2.35. The van der Waals surface area contributed by atoms with Gasteiger partial charge in [0, 0.05) is 23.4 Å². The van der Waals surface area contributed by atoms with Crippen LogP contribution in [0.2, 0.25) is 0 Å². The van der Waals surface area contributed by atoms with Crippen molar-refractivity contribution in [1.29, 1.82) is 0 Å². The van der Waals surface area contributed by atoms with E-state index in [1.54, 1.807) is 0 Å². The van der Waals surface area contributed by atoms with Crippen molar-refractivity contribution >= 4 is 0 Å². The summed E-state index contributed by atoms with van der Waals surface area (Å²) in [5.41, 5.74) is 3.99. The van der Waals surface area contributed by atoms with E-state index in [9.17, 15) is 0 Å². The highest BCUT2D eigenvalue weighted by molar-refractivity contribution is 5.78. The van der Waals surface area contributed by atoms with Crippen LogP contribution >= 0.6 is 0 Å². The van der Waals surface area contributed by atoms with E-state index in [0.717, 1.165) is 28.9 Å². The van der Waals surface area contributed by atoms with E-state index in [4.69, 9.17) is 9.51 Å². The minimum absolute atomic E-state index is 0.0939. The zero-order chi connectivity index (χ0) is 19.7. The van der Waals surface area contributed by atoms with Crippen LogP contribution in [-0.4, -0.2) is 29.5 Å². The van der Waals surface area contributed by atoms with E-state index in [2.05, 4.69) is 58.9 Å². The van der Waals surface area contributed by atoms with Gasteiger partial charge in [-0.05, 0) is 27.2 Å². The lowest BCUT2D eigenvalue weighted by Crippen LogP contribution is -2.11. The van der Waals surface area contributed by atoms with E-state index in [0.29, 0.717) is 11.7 Å². The lowest BCUT2D eigenvalue weighted by molar-refractivity contribution is 0.331. The Hall–Kier alpha value is -3.22. The van der Waals surface area contributed by atoms with E-state index < -0.39 is 0 Å². The molecule has 0 saturated heterocycles. The largest absolute Gasteiger partial charge is 0.337 e. The Kier molecular flexibility index (Phi) is 4.81. The number of benzene rings is 1. The summed E-state index contributed by atoms with van der Waals surface area (Å²) < 4.78 is 9.57. The van der Waals surface area contributed by atoms with E-state index in [1.807, 2.05) is 42.3 Å². The Morgan fingerprint density at radius 3 is 2.50 bits per heavy atom. The first kappa shape index (κ1) is 18.2. The molecule has 7 nitrogen and oxygen atoms in total. The summed E-state index contributed by atoms with van der Waals surface area (Å²) >= 11 is 0. The van der Waals surface area contributed by atoms with Gasteiger partial charge in [-0.25, -0.2) is 4.98 Å². The molecule has 0 bridgehead atoms. The average molecular weight is 376 g/mol. The number of imidazole rings is 1. The molecule has 1 atom stereocenters. The molecule has 7 heteroatoms. The van der Waals surface area contributed by atoms with Crippen molar-refractivity contribution in [1.82, 2.24) is 29.5 Å². The molecule has 3 aromatic heterocycles. The predicted octanol–water partition coefficient (Wildman–Crippen LogP) is 4.69. The van der Waals surface area contributed by atoms with Crippen LogP contribution in [-0.2, 0) is 0 Å². The Balaban J connectivity index is 1.90. The molecular formula is C21H24N6O. The van der Waals surface area contributed by atoms with Crippen molar-refractivity contribution in [2.75, 3.05) is 0 Å². The second-order valence-electron chi connectivity index (χ2n) is 7.12. The average Bonchev–Trinajstić information content (AvgIpc) is 3.43. The molecule has 1 aromatic carbocycles. The second-order valence-corrected chi connectivity index (χ2v) is 7.12. The Morgan fingerprint density at radius 2 is 1.89 bits per heavy atom. The molecule has 4 rings (SSSR count). The summed E-state index contributed by atoms with van der Waals surface area (Å²) in [6.07, 6.45) is 6.62. The molecule has 0 amide bonds. The summed E-state index contributed by atoms with van der Waals surface area (Å²) in [5.74, 6) is 1.22. The van der Waals surface area contributed by atoms with Crippen molar-refractivity contribution in [3.05, 3.63) is 60.8 Å². The molecule has 0 N–H and O–H groups in total. The zero-order valence-corrected chi connectivity index (χ0v) is 16.6. The lowest BCUT2D eigenvalue weighted by Gasteiger charge is -2.16. The standard InChI is InChI=1S/C21H24N6O/c1-5-18(21-24-15(4)25-28-21)26-13-22-19(16-9-7-6-8-10-16)20(26)17-11-23-27(12-17)14(2)3/h6-14,18H,5H2,1-4H3/t18-/m1/s1. The second kappa shape index (κ2) is 7.42. The number of nitrogens with zero attached hydrogens (tertiary/aromatic N) is 6. The molecule has 0 fully saturated rings. The lowest BCUT2D eigenvalue weighted by atomic mass is 10.1. The van der Waals surface area contributed by atoms with Gasteiger partial charge in [0.25, 0.3) is 0 Å². The highest BCUT2D eigenvalue weighted by atomic mass is 16.5. The van der Waals surface area contributed by atoms with Crippen molar-refractivity contribution < 1.29 is 4.52 Å². The van der Waals surface area contributed by atoms with Gasteiger partial charge in [0.2, 0.25) is 5.89 Å². The highest BCUT2D eigenvalue weighted by Gasteiger charge is 2.25.